The molecule has 1 atom stereocenters. The quantitative estimate of drug-likeness (QED) is 0.815. The molecule has 2 heterocycles. The van der Waals surface area contributed by atoms with Gasteiger partial charge in [-0.2, -0.15) is 4.98 Å². The van der Waals surface area contributed by atoms with Crippen molar-refractivity contribution in [3.05, 3.63) is 47.8 Å². The maximum Gasteiger partial charge on any atom is 0.245 e. The first-order valence-corrected chi connectivity index (χ1v) is 7.56. The first-order chi connectivity index (χ1) is 10.7. The highest BCUT2D eigenvalue weighted by Crippen LogP contribution is 2.28. The third-order valence-electron chi connectivity index (χ3n) is 3.80. The molecule has 1 aromatic heterocycles. The minimum absolute atomic E-state index is 0.0536. The third kappa shape index (κ3) is 3.04. The monoisotopic (exact) mass is 317 g/mol. The normalized spacial score (nSPS) is 18.2. The van der Waals surface area contributed by atoms with Crippen LogP contribution in [0, 0.1) is 0 Å². The maximum atomic E-state index is 11.7. The molecule has 1 aromatic carbocycles. The lowest BCUT2D eigenvalue weighted by atomic mass is 9.98. The molecule has 1 saturated heterocycles. The Morgan fingerprint density at radius 3 is 2.91 bits per heavy atom. The van der Waals surface area contributed by atoms with Gasteiger partial charge in [0.25, 0.3) is 0 Å². The molecule has 5 nitrogen and oxygen atoms in total. The Morgan fingerprint density at radius 1 is 1.41 bits per heavy atom. The van der Waals surface area contributed by atoms with Gasteiger partial charge in [-0.05, 0) is 43.2 Å². The fourth-order valence-electron chi connectivity index (χ4n) is 2.63. The molecule has 0 spiro atoms. The Balaban J connectivity index is 1.77. The van der Waals surface area contributed by atoms with Gasteiger partial charge < -0.3 is 9.42 Å². The van der Waals surface area contributed by atoms with Crippen molar-refractivity contribution in [2.75, 3.05) is 13.1 Å². The molecule has 2 aromatic rings. The van der Waals surface area contributed by atoms with E-state index in [1.54, 1.807) is 17.0 Å². The van der Waals surface area contributed by atoms with Crippen molar-refractivity contribution < 1.29 is 9.32 Å². The second-order valence-electron chi connectivity index (χ2n) is 5.29. The second-order valence-corrected chi connectivity index (χ2v) is 5.73. The zero-order valence-electron chi connectivity index (χ0n) is 12.0. The van der Waals surface area contributed by atoms with E-state index in [2.05, 4.69) is 16.7 Å². The third-order valence-corrected chi connectivity index (χ3v) is 4.05. The summed E-state index contributed by atoms with van der Waals surface area (Å²) in [7, 11) is 0. The second kappa shape index (κ2) is 6.32. The van der Waals surface area contributed by atoms with Crippen LogP contribution in [-0.4, -0.2) is 34.0 Å². The standard InChI is InChI=1S/C16H16ClN3O2/c1-2-14(21)20-9-3-4-12(10-20)16-18-15(19-22-16)11-5-7-13(17)8-6-11/h2,5-8,12H,1,3-4,9-10H2. The molecule has 0 aliphatic carbocycles. The van der Waals surface area contributed by atoms with Crippen LogP contribution in [0.1, 0.15) is 24.7 Å². The lowest BCUT2D eigenvalue weighted by Crippen LogP contribution is -2.38. The topological polar surface area (TPSA) is 59.2 Å². The van der Waals surface area contributed by atoms with Crippen molar-refractivity contribution in [3.63, 3.8) is 0 Å². The van der Waals surface area contributed by atoms with Crippen LogP contribution in [0.3, 0.4) is 0 Å². The van der Waals surface area contributed by atoms with Crippen molar-refractivity contribution in [1.82, 2.24) is 15.0 Å². The molecule has 1 fully saturated rings. The van der Waals surface area contributed by atoms with Crippen molar-refractivity contribution in [2.45, 2.75) is 18.8 Å². The highest BCUT2D eigenvalue weighted by molar-refractivity contribution is 6.30. The van der Waals surface area contributed by atoms with Crippen LogP contribution in [0.4, 0.5) is 0 Å². The minimum Gasteiger partial charge on any atom is -0.339 e. The van der Waals surface area contributed by atoms with E-state index >= 15 is 0 Å². The summed E-state index contributed by atoms with van der Waals surface area (Å²) >= 11 is 5.88. The van der Waals surface area contributed by atoms with Crippen LogP contribution >= 0.6 is 11.6 Å². The number of piperidine rings is 1. The number of halogens is 1. The summed E-state index contributed by atoms with van der Waals surface area (Å²) < 4.78 is 5.39. The van der Waals surface area contributed by atoms with E-state index in [9.17, 15) is 4.79 Å². The van der Waals surface area contributed by atoms with Gasteiger partial charge in [0, 0.05) is 23.7 Å². The molecule has 3 rings (SSSR count). The van der Waals surface area contributed by atoms with Crippen LogP contribution < -0.4 is 0 Å². The number of hydrogen-bond acceptors (Lipinski definition) is 4. The number of carbonyl (C=O) groups is 1. The fraction of sp³-hybridized carbons (Fsp3) is 0.312. The van der Waals surface area contributed by atoms with E-state index in [-0.39, 0.29) is 11.8 Å². The van der Waals surface area contributed by atoms with Gasteiger partial charge in [0.05, 0.1) is 5.92 Å². The number of amides is 1. The molecule has 0 saturated carbocycles. The summed E-state index contributed by atoms with van der Waals surface area (Å²) in [4.78, 5) is 18.0. The maximum absolute atomic E-state index is 11.7. The van der Waals surface area contributed by atoms with E-state index in [4.69, 9.17) is 16.1 Å². The van der Waals surface area contributed by atoms with Gasteiger partial charge in [0.15, 0.2) is 0 Å². The molecular weight excluding hydrogens is 302 g/mol. The largest absolute Gasteiger partial charge is 0.339 e. The van der Waals surface area contributed by atoms with Gasteiger partial charge in [-0.1, -0.05) is 23.3 Å². The molecule has 1 unspecified atom stereocenters. The Morgan fingerprint density at radius 2 is 2.18 bits per heavy atom. The Labute approximate surface area is 133 Å². The molecular formula is C16H16ClN3O2. The molecule has 0 radical (unpaired) electrons. The van der Waals surface area contributed by atoms with Gasteiger partial charge in [-0.3, -0.25) is 4.79 Å². The molecule has 6 heteroatoms. The highest BCUT2D eigenvalue weighted by atomic mass is 35.5. The minimum atomic E-state index is -0.0536. The molecule has 0 N–H and O–H groups in total. The lowest BCUT2D eigenvalue weighted by molar-refractivity contribution is -0.127. The van der Waals surface area contributed by atoms with E-state index in [0.29, 0.717) is 23.3 Å². The molecule has 0 bridgehead atoms. The van der Waals surface area contributed by atoms with Crippen LogP contribution in [-0.2, 0) is 4.79 Å². The average Bonchev–Trinajstić information content (AvgIpc) is 3.05. The first-order valence-electron chi connectivity index (χ1n) is 7.18. The van der Waals surface area contributed by atoms with E-state index in [1.165, 1.54) is 6.08 Å². The van der Waals surface area contributed by atoms with Gasteiger partial charge in [0.1, 0.15) is 0 Å². The van der Waals surface area contributed by atoms with Gasteiger partial charge >= 0.3 is 0 Å². The molecule has 1 aliphatic rings. The zero-order valence-corrected chi connectivity index (χ0v) is 12.8. The predicted octanol–water partition coefficient (Wildman–Crippen LogP) is 3.28. The summed E-state index contributed by atoms with van der Waals surface area (Å²) in [5.74, 6) is 1.14. The van der Waals surface area contributed by atoms with Gasteiger partial charge in [0.2, 0.25) is 17.6 Å². The number of carbonyl (C=O) groups excluding carboxylic acids is 1. The van der Waals surface area contributed by atoms with Crippen molar-refractivity contribution in [3.8, 4) is 11.4 Å². The molecule has 1 amide bonds. The number of nitrogens with zero attached hydrogens (tertiary/aromatic N) is 3. The van der Waals surface area contributed by atoms with Crippen molar-refractivity contribution >= 4 is 17.5 Å². The Kier molecular flexibility index (Phi) is 4.24. The number of benzene rings is 1. The molecule has 114 valence electrons. The lowest BCUT2D eigenvalue weighted by Gasteiger charge is -2.30. The van der Waals surface area contributed by atoms with Gasteiger partial charge in [-0.15, -0.1) is 0 Å². The summed E-state index contributed by atoms with van der Waals surface area (Å²) in [6, 6.07) is 7.28. The molecule has 22 heavy (non-hydrogen) atoms. The summed E-state index contributed by atoms with van der Waals surface area (Å²) in [6.07, 6.45) is 3.20. The number of rotatable bonds is 3. The van der Waals surface area contributed by atoms with Gasteiger partial charge in [-0.25, -0.2) is 0 Å². The Hall–Kier alpha value is -2.14. The summed E-state index contributed by atoms with van der Waals surface area (Å²) in [5.41, 5.74) is 0.856. The SMILES string of the molecule is C=CC(=O)N1CCCC(c2nc(-c3ccc(Cl)cc3)no2)C1. The summed E-state index contributed by atoms with van der Waals surface area (Å²) in [5, 5.41) is 4.69. The highest BCUT2D eigenvalue weighted by Gasteiger charge is 2.27. The van der Waals surface area contributed by atoms with E-state index in [1.807, 2.05) is 12.1 Å². The fourth-order valence-corrected chi connectivity index (χ4v) is 2.75. The van der Waals surface area contributed by atoms with Crippen molar-refractivity contribution in [1.29, 1.82) is 0 Å². The van der Waals surface area contributed by atoms with Crippen LogP contribution in [0.25, 0.3) is 11.4 Å². The first kappa shape index (κ1) is 14.8. The van der Waals surface area contributed by atoms with Crippen molar-refractivity contribution in [2.24, 2.45) is 0 Å². The average molecular weight is 318 g/mol. The number of hydrogen-bond donors (Lipinski definition) is 0. The van der Waals surface area contributed by atoms with E-state index < -0.39 is 0 Å². The predicted molar refractivity (Wildman–Crippen MR) is 83.5 cm³/mol. The molecule has 1 aliphatic heterocycles. The van der Waals surface area contributed by atoms with E-state index in [0.717, 1.165) is 24.9 Å². The zero-order chi connectivity index (χ0) is 15.5. The van der Waals surface area contributed by atoms with Crippen LogP contribution in [0.15, 0.2) is 41.4 Å². The Bertz CT molecular complexity index is 681. The number of likely N-dealkylation sites (tertiary alicyclic amines) is 1. The van der Waals surface area contributed by atoms with Crippen LogP contribution in [0.5, 0.6) is 0 Å². The number of aromatic nitrogens is 2. The van der Waals surface area contributed by atoms with Crippen LogP contribution in [0.2, 0.25) is 5.02 Å². The summed E-state index contributed by atoms with van der Waals surface area (Å²) in [6.45, 7) is 4.87. The smallest absolute Gasteiger partial charge is 0.245 e.